The van der Waals surface area contributed by atoms with Crippen molar-refractivity contribution in [1.29, 1.82) is 0 Å². The molecule has 6 heteroatoms. The van der Waals surface area contributed by atoms with Crippen LogP contribution in [-0.2, 0) is 4.84 Å². The summed E-state index contributed by atoms with van der Waals surface area (Å²) in [5, 5.41) is 2.22. The normalized spacial score (nSPS) is 7.00. The maximum Gasteiger partial charge on any atom is 0.155 e. The van der Waals surface area contributed by atoms with E-state index in [0.29, 0.717) is 6.61 Å². The van der Waals surface area contributed by atoms with Crippen LogP contribution in [0, 0.1) is 9.81 Å². The van der Waals surface area contributed by atoms with Gasteiger partial charge in [0, 0.05) is 4.70 Å². The van der Waals surface area contributed by atoms with Crippen molar-refractivity contribution in [2.45, 2.75) is 19.8 Å². The van der Waals surface area contributed by atoms with Crippen LogP contribution >= 0.6 is 11.8 Å². The molecule has 0 saturated carbocycles. The topological polar surface area (TPSA) is 68.1 Å². The molecule has 0 aromatic rings. The molecule has 0 saturated heterocycles. The first kappa shape index (κ1) is 12.0. The summed E-state index contributed by atoms with van der Waals surface area (Å²) >= 11 is 4.07. The van der Waals surface area contributed by atoms with Gasteiger partial charge in [-0.3, -0.25) is 0 Å². The van der Waals surface area contributed by atoms with Crippen LogP contribution in [0.1, 0.15) is 19.8 Å². The van der Waals surface area contributed by atoms with Crippen LogP contribution in [0.25, 0.3) is 0 Å². The lowest BCUT2D eigenvalue weighted by atomic mass is 10.4. The van der Waals surface area contributed by atoms with E-state index in [-0.39, 0.29) is 0 Å². The second-order valence-electron chi connectivity index (χ2n) is 1.33. The summed E-state index contributed by atoms with van der Waals surface area (Å²) in [5.41, 5.74) is 0. The molecule has 10 heavy (non-hydrogen) atoms. The molecule has 0 heterocycles. The minimum absolute atomic E-state index is 0.458. The smallest absolute Gasteiger partial charge is 0.155 e. The molecule has 0 unspecified atom stereocenters. The second kappa shape index (κ2) is 15.7. The third kappa shape index (κ3) is 26.6. The third-order valence-corrected chi connectivity index (χ3v) is 0.642. The monoisotopic (exact) mass is 168 g/mol. The SMILES string of the molecule is CCCCON=O.O=NCl. The fraction of sp³-hybridized carbons (Fsp3) is 1.00. The Morgan fingerprint density at radius 3 is 2.30 bits per heavy atom. The molecule has 60 valence electrons. The first-order valence-electron chi connectivity index (χ1n) is 2.71. The van der Waals surface area contributed by atoms with Crippen molar-refractivity contribution in [3.63, 3.8) is 0 Å². The van der Waals surface area contributed by atoms with Crippen molar-refractivity contribution in [3.8, 4) is 0 Å². The average molecular weight is 169 g/mol. The van der Waals surface area contributed by atoms with Crippen molar-refractivity contribution >= 4 is 11.8 Å². The van der Waals surface area contributed by atoms with Gasteiger partial charge >= 0.3 is 0 Å². The van der Waals surface area contributed by atoms with Crippen molar-refractivity contribution in [1.82, 2.24) is 0 Å². The molecular formula is C4H9ClN2O3. The Hall–Kier alpha value is -0.710. The van der Waals surface area contributed by atoms with Crippen molar-refractivity contribution in [2.75, 3.05) is 6.61 Å². The van der Waals surface area contributed by atoms with Gasteiger partial charge in [-0.25, -0.2) is 0 Å². The summed E-state index contributed by atoms with van der Waals surface area (Å²) < 4.78 is 1.72. The number of hydrogen-bond donors (Lipinski definition) is 0. The molecular weight excluding hydrogens is 160 g/mol. The van der Waals surface area contributed by atoms with E-state index in [4.69, 9.17) is 4.91 Å². The summed E-state index contributed by atoms with van der Waals surface area (Å²) in [6.07, 6.45) is 1.95. The quantitative estimate of drug-likeness (QED) is 0.368. The molecule has 0 aromatic heterocycles. The summed E-state index contributed by atoms with van der Waals surface area (Å²) in [7, 11) is 0. The number of unbranched alkanes of at least 4 members (excludes halogenated alkanes) is 1. The third-order valence-electron chi connectivity index (χ3n) is 0.642. The van der Waals surface area contributed by atoms with Gasteiger partial charge in [0.15, 0.2) is 5.34 Å². The van der Waals surface area contributed by atoms with Gasteiger partial charge in [0.1, 0.15) is 6.61 Å². The van der Waals surface area contributed by atoms with Crippen molar-refractivity contribution in [3.05, 3.63) is 9.81 Å². The Labute approximate surface area is 63.7 Å². The Kier molecular flexibility index (Phi) is 18.9. The fourth-order valence-electron chi connectivity index (χ4n) is 0.246. The molecule has 0 fully saturated rings. The maximum atomic E-state index is 9.21. The van der Waals surface area contributed by atoms with Gasteiger partial charge in [-0.15, -0.1) is 9.81 Å². The lowest BCUT2D eigenvalue weighted by molar-refractivity contribution is 0.136. The highest BCUT2D eigenvalue weighted by Gasteiger charge is 1.79. The largest absolute Gasteiger partial charge is 0.364 e. The van der Waals surface area contributed by atoms with E-state index in [1.54, 1.807) is 4.70 Å². The van der Waals surface area contributed by atoms with Crippen LogP contribution < -0.4 is 0 Å². The number of halogens is 1. The molecule has 0 bridgehead atoms. The minimum atomic E-state index is 0.458. The van der Waals surface area contributed by atoms with Gasteiger partial charge in [-0.1, -0.05) is 13.3 Å². The molecule has 0 rings (SSSR count). The zero-order valence-corrected chi connectivity index (χ0v) is 6.37. The number of nitroso groups, excluding NO2 is 1. The zero-order chi connectivity index (χ0) is 8.24. The molecule has 0 aliphatic carbocycles. The number of hydrogen-bond acceptors (Lipinski definition) is 5. The highest BCUT2D eigenvalue weighted by molar-refractivity contribution is 6.14. The number of rotatable bonds is 4. The fourth-order valence-corrected chi connectivity index (χ4v) is 0.246. The lowest BCUT2D eigenvalue weighted by Crippen LogP contribution is -1.83. The highest BCUT2D eigenvalue weighted by atomic mass is 35.5. The average Bonchev–Trinajstić information content (AvgIpc) is 1.91. The molecule has 0 atom stereocenters. The van der Waals surface area contributed by atoms with E-state index in [9.17, 15) is 4.91 Å². The summed E-state index contributed by atoms with van der Waals surface area (Å²) in [6, 6.07) is 0. The predicted molar refractivity (Wildman–Crippen MR) is 38.3 cm³/mol. The van der Waals surface area contributed by atoms with Crippen LogP contribution in [0.2, 0.25) is 0 Å². The molecule has 0 aliphatic rings. The van der Waals surface area contributed by atoms with E-state index in [1.807, 2.05) is 6.92 Å². The molecule has 0 radical (unpaired) electrons. The lowest BCUT2D eigenvalue weighted by Gasteiger charge is -1.88. The molecule has 5 nitrogen and oxygen atoms in total. The highest BCUT2D eigenvalue weighted by Crippen LogP contribution is 1.86. The first-order chi connectivity index (χ1) is 4.83. The summed E-state index contributed by atoms with van der Waals surface area (Å²) in [6.45, 7) is 2.48. The summed E-state index contributed by atoms with van der Waals surface area (Å²) in [5.74, 6) is 0. The van der Waals surface area contributed by atoms with Gasteiger partial charge < -0.3 is 4.84 Å². The standard InChI is InChI=1S/C4H9NO2.ClNO/c1-2-3-4-7-5-6;1-2-3/h2-4H2,1H3;. The Balaban J connectivity index is 0. The maximum absolute atomic E-state index is 9.21. The van der Waals surface area contributed by atoms with Gasteiger partial charge in [-0.2, -0.15) is 0 Å². The molecule has 0 spiro atoms. The predicted octanol–water partition coefficient (Wildman–Crippen LogP) is 2.39. The van der Waals surface area contributed by atoms with E-state index in [2.05, 4.69) is 22.0 Å². The van der Waals surface area contributed by atoms with E-state index >= 15 is 0 Å². The van der Waals surface area contributed by atoms with Gasteiger partial charge in [0.05, 0.1) is 11.8 Å². The molecule has 0 amide bonds. The van der Waals surface area contributed by atoms with Crippen LogP contribution in [0.15, 0.2) is 10.0 Å². The summed E-state index contributed by atoms with van der Waals surface area (Å²) in [4.78, 5) is 21.7. The zero-order valence-electron chi connectivity index (χ0n) is 5.62. The van der Waals surface area contributed by atoms with Gasteiger partial charge in [0.2, 0.25) is 0 Å². The van der Waals surface area contributed by atoms with E-state index < -0.39 is 0 Å². The minimum Gasteiger partial charge on any atom is -0.364 e. The van der Waals surface area contributed by atoms with Gasteiger partial charge in [-0.05, 0) is 6.42 Å². The van der Waals surface area contributed by atoms with E-state index in [1.165, 1.54) is 0 Å². The molecule has 0 N–H and O–H groups in total. The van der Waals surface area contributed by atoms with Crippen LogP contribution in [-0.4, -0.2) is 6.61 Å². The van der Waals surface area contributed by atoms with Crippen molar-refractivity contribution in [2.24, 2.45) is 10.0 Å². The van der Waals surface area contributed by atoms with E-state index in [0.717, 1.165) is 12.8 Å². The Morgan fingerprint density at radius 2 is 2.00 bits per heavy atom. The van der Waals surface area contributed by atoms with Crippen LogP contribution in [0.3, 0.4) is 0 Å². The second-order valence-corrected chi connectivity index (χ2v) is 1.47. The van der Waals surface area contributed by atoms with Gasteiger partial charge in [0.25, 0.3) is 0 Å². The first-order valence-corrected chi connectivity index (χ1v) is 3.05. The Morgan fingerprint density at radius 1 is 1.50 bits per heavy atom. The molecule has 0 aliphatic heterocycles. The van der Waals surface area contributed by atoms with Crippen LogP contribution in [0.4, 0.5) is 0 Å². The molecule has 0 aromatic carbocycles. The van der Waals surface area contributed by atoms with Crippen molar-refractivity contribution < 1.29 is 4.84 Å². The Bertz CT molecular complexity index is 80.9. The van der Waals surface area contributed by atoms with Crippen LogP contribution in [0.5, 0.6) is 0 Å². The number of nitrogens with zero attached hydrogens (tertiary/aromatic N) is 2.